The van der Waals surface area contributed by atoms with Crippen molar-refractivity contribution in [2.24, 2.45) is 0 Å². The van der Waals surface area contributed by atoms with Crippen molar-refractivity contribution in [3.63, 3.8) is 0 Å². The molecule has 0 saturated carbocycles. The van der Waals surface area contributed by atoms with Crippen LogP contribution in [0, 0.1) is 5.82 Å². The second-order valence-electron chi connectivity index (χ2n) is 4.80. The van der Waals surface area contributed by atoms with Gasteiger partial charge < -0.3 is 15.7 Å². The molecule has 20 heavy (non-hydrogen) atoms. The number of aliphatic hydroxyl groups is 1. The normalized spacial score (nSPS) is 13.8. The van der Waals surface area contributed by atoms with Crippen LogP contribution in [0.15, 0.2) is 24.3 Å². The van der Waals surface area contributed by atoms with Gasteiger partial charge in [-0.1, -0.05) is 19.1 Å². The van der Waals surface area contributed by atoms with Crippen LogP contribution >= 0.6 is 0 Å². The molecule has 1 amide bonds. The highest BCUT2D eigenvalue weighted by Crippen LogP contribution is 2.19. The topological polar surface area (TPSA) is 61.4 Å². The molecule has 4 nitrogen and oxygen atoms in total. The first-order valence-corrected chi connectivity index (χ1v) is 6.96. The summed E-state index contributed by atoms with van der Waals surface area (Å²) < 4.78 is 12.9. The summed E-state index contributed by atoms with van der Waals surface area (Å²) in [6.07, 6.45) is 0.895. The molecule has 0 aliphatic carbocycles. The quantitative estimate of drug-likeness (QED) is 0.637. The lowest BCUT2D eigenvalue weighted by atomic mass is 10.00. The van der Waals surface area contributed by atoms with E-state index in [1.54, 1.807) is 12.1 Å². The zero-order valence-corrected chi connectivity index (χ0v) is 12.0. The smallest absolute Gasteiger partial charge is 0.216 e. The van der Waals surface area contributed by atoms with Crippen molar-refractivity contribution < 1.29 is 14.3 Å². The summed E-state index contributed by atoms with van der Waals surface area (Å²) >= 11 is 0. The molecule has 2 atom stereocenters. The van der Waals surface area contributed by atoms with E-state index in [0.717, 1.165) is 12.8 Å². The molecular formula is C15H23FN2O2. The van der Waals surface area contributed by atoms with Gasteiger partial charge in [0.05, 0.1) is 6.10 Å². The number of carbonyl (C=O) groups is 1. The van der Waals surface area contributed by atoms with Crippen molar-refractivity contribution in [3.05, 3.63) is 35.6 Å². The lowest BCUT2D eigenvalue weighted by Gasteiger charge is -2.23. The van der Waals surface area contributed by atoms with Crippen LogP contribution in [-0.2, 0) is 4.79 Å². The SMILES string of the molecule is CCC(NCCCNC(C)=O)C(O)c1ccc(F)cc1. The van der Waals surface area contributed by atoms with Crippen LogP contribution < -0.4 is 10.6 Å². The van der Waals surface area contributed by atoms with Gasteiger partial charge in [-0.15, -0.1) is 0 Å². The van der Waals surface area contributed by atoms with Crippen molar-refractivity contribution in [2.45, 2.75) is 38.8 Å². The molecule has 0 fully saturated rings. The van der Waals surface area contributed by atoms with E-state index in [4.69, 9.17) is 0 Å². The standard InChI is InChI=1S/C15H23FN2O2/c1-3-14(18-10-4-9-17-11(2)19)15(20)12-5-7-13(16)8-6-12/h5-8,14-15,18,20H,3-4,9-10H2,1-2H3,(H,17,19). The molecule has 0 spiro atoms. The number of halogens is 1. The zero-order chi connectivity index (χ0) is 15.0. The third-order valence-corrected chi connectivity index (χ3v) is 3.17. The lowest BCUT2D eigenvalue weighted by molar-refractivity contribution is -0.118. The summed E-state index contributed by atoms with van der Waals surface area (Å²) in [5, 5.41) is 16.2. The Morgan fingerprint density at radius 2 is 1.95 bits per heavy atom. The summed E-state index contributed by atoms with van der Waals surface area (Å²) in [4.78, 5) is 10.7. The number of amides is 1. The predicted molar refractivity (Wildman–Crippen MR) is 76.7 cm³/mol. The fourth-order valence-corrected chi connectivity index (χ4v) is 2.01. The number of hydrogen-bond acceptors (Lipinski definition) is 3. The van der Waals surface area contributed by atoms with E-state index in [1.165, 1.54) is 19.1 Å². The molecule has 0 bridgehead atoms. The molecule has 112 valence electrons. The van der Waals surface area contributed by atoms with Gasteiger partial charge >= 0.3 is 0 Å². The third kappa shape index (κ3) is 5.67. The van der Waals surface area contributed by atoms with E-state index in [2.05, 4.69) is 10.6 Å². The van der Waals surface area contributed by atoms with Crippen LogP contribution in [0.3, 0.4) is 0 Å². The molecule has 0 saturated heterocycles. The molecule has 2 unspecified atom stereocenters. The van der Waals surface area contributed by atoms with Gasteiger partial charge in [0, 0.05) is 19.5 Å². The first kappa shape index (κ1) is 16.6. The Balaban J connectivity index is 2.41. The molecule has 0 heterocycles. The minimum atomic E-state index is -0.665. The zero-order valence-electron chi connectivity index (χ0n) is 12.0. The molecule has 0 aromatic heterocycles. The Hall–Kier alpha value is -1.46. The van der Waals surface area contributed by atoms with Crippen LogP contribution in [0.5, 0.6) is 0 Å². The molecule has 1 aromatic rings. The highest BCUT2D eigenvalue weighted by Gasteiger charge is 2.18. The first-order chi connectivity index (χ1) is 9.54. The van der Waals surface area contributed by atoms with Crippen LogP contribution in [0.25, 0.3) is 0 Å². The molecule has 5 heteroatoms. The number of rotatable bonds is 8. The van der Waals surface area contributed by atoms with Gasteiger partial charge in [-0.2, -0.15) is 0 Å². The maximum absolute atomic E-state index is 12.9. The largest absolute Gasteiger partial charge is 0.387 e. The van der Waals surface area contributed by atoms with Gasteiger partial charge in [0.15, 0.2) is 0 Å². The monoisotopic (exact) mass is 282 g/mol. The Morgan fingerprint density at radius 3 is 2.50 bits per heavy atom. The van der Waals surface area contributed by atoms with E-state index in [-0.39, 0.29) is 17.8 Å². The summed E-state index contributed by atoms with van der Waals surface area (Å²) in [6, 6.07) is 5.81. The second-order valence-corrected chi connectivity index (χ2v) is 4.80. The number of benzene rings is 1. The van der Waals surface area contributed by atoms with Gasteiger partial charge in [0.25, 0.3) is 0 Å². The molecule has 0 radical (unpaired) electrons. The van der Waals surface area contributed by atoms with Crippen molar-refractivity contribution in [2.75, 3.05) is 13.1 Å². The fourth-order valence-electron chi connectivity index (χ4n) is 2.01. The summed E-state index contributed by atoms with van der Waals surface area (Å²) in [5.41, 5.74) is 0.701. The van der Waals surface area contributed by atoms with Crippen LogP contribution in [0.4, 0.5) is 4.39 Å². The molecule has 3 N–H and O–H groups in total. The number of nitrogens with one attached hydrogen (secondary N) is 2. The van der Waals surface area contributed by atoms with Crippen LogP contribution in [-0.4, -0.2) is 30.1 Å². The Bertz CT molecular complexity index is 409. The van der Waals surface area contributed by atoms with E-state index in [0.29, 0.717) is 18.7 Å². The van der Waals surface area contributed by atoms with E-state index < -0.39 is 6.10 Å². The van der Waals surface area contributed by atoms with Crippen LogP contribution in [0.1, 0.15) is 38.4 Å². The van der Waals surface area contributed by atoms with Gasteiger partial charge in [0.2, 0.25) is 5.91 Å². The molecular weight excluding hydrogens is 259 g/mol. The van der Waals surface area contributed by atoms with Crippen molar-refractivity contribution >= 4 is 5.91 Å². The average Bonchev–Trinajstić information content (AvgIpc) is 2.42. The van der Waals surface area contributed by atoms with Crippen molar-refractivity contribution in [3.8, 4) is 0 Å². The molecule has 1 aromatic carbocycles. The number of carbonyl (C=O) groups excluding carboxylic acids is 1. The first-order valence-electron chi connectivity index (χ1n) is 6.96. The fraction of sp³-hybridized carbons (Fsp3) is 0.533. The predicted octanol–water partition coefficient (Wildman–Crippen LogP) is 1.75. The Morgan fingerprint density at radius 1 is 1.30 bits per heavy atom. The van der Waals surface area contributed by atoms with E-state index in [1.807, 2.05) is 6.92 Å². The highest BCUT2D eigenvalue weighted by molar-refractivity contribution is 5.72. The minimum Gasteiger partial charge on any atom is -0.387 e. The average molecular weight is 282 g/mol. The highest BCUT2D eigenvalue weighted by atomic mass is 19.1. The Labute approximate surface area is 119 Å². The molecule has 1 rings (SSSR count). The van der Waals surface area contributed by atoms with Gasteiger partial charge in [0.1, 0.15) is 5.82 Å². The van der Waals surface area contributed by atoms with Gasteiger partial charge in [-0.25, -0.2) is 4.39 Å². The van der Waals surface area contributed by atoms with Gasteiger partial charge in [-0.05, 0) is 37.1 Å². The maximum Gasteiger partial charge on any atom is 0.216 e. The molecule has 0 aliphatic rings. The van der Waals surface area contributed by atoms with Crippen LogP contribution in [0.2, 0.25) is 0 Å². The Kier molecular flexibility index (Phi) is 7.18. The third-order valence-electron chi connectivity index (χ3n) is 3.17. The number of hydrogen-bond donors (Lipinski definition) is 3. The van der Waals surface area contributed by atoms with Crippen molar-refractivity contribution in [1.29, 1.82) is 0 Å². The lowest BCUT2D eigenvalue weighted by Crippen LogP contribution is -2.36. The maximum atomic E-state index is 12.9. The van der Waals surface area contributed by atoms with E-state index >= 15 is 0 Å². The minimum absolute atomic E-state index is 0.0385. The summed E-state index contributed by atoms with van der Waals surface area (Å²) in [6.45, 7) is 4.79. The second kappa shape index (κ2) is 8.66. The van der Waals surface area contributed by atoms with E-state index in [9.17, 15) is 14.3 Å². The summed E-state index contributed by atoms with van der Waals surface area (Å²) in [5.74, 6) is -0.347. The van der Waals surface area contributed by atoms with Gasteiger partial charge in [-0.3, -0.25) is 4.79 Å². The molecule has 0 aliphatic heterocycles. The van der Waals surface area contributed by atoms with Crippen molar-refractivity contribution in [1.82, 2.24) is 10.6 Å². The summed E-state index contributed by atoms with van der Waals surface area (Å²) in [7, 11) is 0. The number of aliphatic hydroxyl groups excluding tert-OH is 1.